The second-order valence-electron chi connectivity index (χ2n) is 7.04. The van der Waals surface area contributed by atoms with E-state index in [-0.39, 0.29) is 16.9 Å². The maximum atomic E-state index is 13.5. The Bertz CT molecular complexity index is 1050. The fourth-order valence-corrected chi connectivity index (χ4v) is 4.54. The fourth-order valence-electron chi connectivity index (χ4n) is 3.21. The second kappa shape index (κ2) is 8.79. The molecule has 1 aliphatic rings. The molecule has 0 saturated heterocycles. The van der Waals surface area contributed by atoms with Crippen LogP contribution in [0.1, 0.15) is 41.6 Å². The summed E-state index contributed by atoms with van der Waals surface area (Å²) >= 11 is 0. The number of nitrogens with one attached hydrogen (secondary N) is 1. The van der Waals surface area contributed by atoms with Gasteiger partial charge in [0.1, 0.15) is 11.9 Å². The summed E-state index contributed by atoms with van der Waals surface area (Å²) in [5.74, 6) is -2.57. The molecule has 0 unspecified atom stereocenters. The molecule has 168 valence electrons. The molecule has 7 nitrogen and oxygen atoms in total. The van der Waals surface area contributed by atoms with Gasteiger partial charge in [-0.25, -0.2) is 27.3 Å². The number of halogens is 4. The van der Waals surface area contributed by atoms with E-state index in [9.17, 15) is 30.8 Å². The molecule has 0 atom stereocenters. The van der Waals surface area contributed by atoms with Gasteiger partial charge in [-0.2, -0.15) is 13.2 Å². The first-order valence-corrected chi connectivity index (χ1v) is 10.7. The first-order valence-electron chi connectivity index (χ1n) is 9.21. The normalized spacial score (nSPS) is 19.7. The molecule has 0 bridgehead atoms. The van der Waals surface area contributed by atoms with Gasteiger partial charge in [0, 0.05) is 18.3 Å². The molecule has 1 fully saturated rings. The van der Waals surface area contributed by atoms with Crippen LogP contribution in [0, 0.1) is 5.82 Å². The predicted octanol–water partition coefficient (Wildman–Crippen LogP) is 3.61. The van der Waals surface area contributed by atoms with Crippen molar-refractivity contribution in [2.45, 2.75) is 48.9 Å². The molecule has 2 N–H and O–H groups in total. The molecular weight excluding hydrogens is 444 g/mol. The molecule has 1 heterocycles. The molecule has 2 aromatic rings. The maximum absolute atomic E-state index is 13.5. The van der Waals surface area contributed by atoms with Crippen LogP contribution in [-0.2, 0) is 16.2 Å². The summed E-state index contributed by atoms with van der Waals surface area (Å²) in [7, 11) is -4.07. The number of rotatable bonds is 6. The van der Waals surface area contributed by atoms with Crippen LogP contribution in [0.25, 0.3) is 0 Å². The van der Waals surface area contributed by atoms with Gasteiger partial charge in [0.15, 0.2) is 0 Å². The number of sulfonamides is 1. The number of carboxylic acids is 1. The van der Waals surface area contributed by atoms with Crippen LogP contribution in [-0.4, -0.2) is 36.6 Å². The largest absolute Gasteiger partial charge is 0.478 e. The number of nitrogens with zero attached hydrogens (tertiary/aromatic N) is 1. The third kappa shape index (κ3) is 5.70. The first-order chi connectivity index (χ1) is 14.5. The lowest BCUT2D eigenvalue weighted by Gasteiger charge is -2.29. The third-order valence-corrected chi connectivity index (χ3v) is 6.34. The van der Waals surface area contributed by atoms with E-state index in [1.807, 2.05) is 0 Å². The van der Waals surface area contributed by atoms with Crippen molar-refractivity contribution in [1.82, 2.24) is 9.71 Å². The SMILES string of the molecule is O=C(O)c1cc(S(=O)(=O)NC2CCC(Oc3ccc(C(F)(F)F)cn3)CC2)ccc1F. The molecule has 31 heavy (non-hydrogen) atoms. The lowest BCUT2D eigenvalue weighted by Crippen LogP contribution is -2.39. The van der Waals surface area contributed by atoms with Crippen LogP contribution in [0.15, 0.2) is 41.4 Å². The van der Waals surface area contributed by atoms with Crippen LogP contribution in [0.4, 0.5) is 17.6 Å². The number of aromatic nitrogens is 1. The molecule has 0 radical (unpaired) electrons. The molecule has 3 rings (SSSR count). The predicted molar refractivity (Wildman–Crippen MR) is 99.6 cm³/mol. The van der Waals surface area contributed by atoms with Gasteiger partial charge in [-0.3, -0.25) is 0 Å². The Hall–Kier alpha value is -2.73. The highest BCUT2D eigenvalue weighted by molar-refractivity contribution is 7.89. The minimum atomic E-state index is -4.49. The number of pyridine rings is 1. The van der Waals surface area contributed by atoms with Gasteiger partial charge in [-0.15, -0.1) is 0 Å². The van der Waals surface area contributed by atoms with E-state index < -0.39 is 45.2 Å². The number of aromatic carboxylic acids is 1. The quantitative estimate of drug-likeness (QED) is 0.636. The van der Waals surface area contributed by atoms with E-state index in [0.717, 1.165) is 30.3 Å². The number of carbonyl (C=O) groups is 1. The molecule has 1 saturated carbocycles. The van der Waals surface area contributed by atoms with Crippen LogP contribution in [0.3, 0.4) is 0 Å². The average Bonchev–Trinajstić information content (AvgIpc) is 2.69. The number of hydrogen-bond donors (Lipinski definition) is 2. The Balaban J connectivity index is 1.57. The topological polar surface area (TPSA) is 106 Å². The molecule has 1 aromatic carbocycles. The van der Waals surface area contributed by atoms with Crippen molar-refractivity contribution in [3.8, 4) is 5.88 Å². The molecule has 1 aliphatic carbocycles. The Morgan fingerprint density at radius 1 is 1.13 bits per heavy atom. The summed E-state index contributed by atoms with van der Waals surface area (Å²) in [4.78, 5) is 14.3. The number of alkyl halides is 3. The van der Waals surface area contributed by atoms with Gasteiger partial charge in [-0.05, 0) is 49.9 Å². The zero-order chi connectivity index (χ0) is 22.8. The lowest BCUT2D eigenvalue weighted by atomic mass is 9.94. The summed E-state index contributed by atoms with van der Waals surface area (Å²) in [5, 5.41) is 8.95. The molecule has 0 spiro atoms. The van der Waals surface area contributed by atoms with Crippen LogP contribution in [0.2, 0.25) is 0 Å². The number of ether oxygens (including phenoxy) is 1. The highest BCUT2D eigenvalue weighted by atomic mass is 32.2. The van der Waals surface area contributed by atoms with Crippen molar-refractivity contribution in [2.24, 2.45) is 0 Å². The summed E-state index contributed by atoms with van der Waals surface area (Å²) in [6.07, 6.45) is -2.51. The Morgan fingerprint density at radius 3 is 2.35 bits per heavy atom. The van der Waals surface area contributed by atoms with Gasteiger partial charge in [0.2, 0.25) is 15.9 Å². The third-order valence-electron chi connectivity index (χ3n) is 4.83. The summed E-state index contributed by atoms with van der Waals surface area (Å²) < 4.78 is 84.3. The van der Waals surface area contributed by atoms with Gasteiger partial charge in [0.25, 0.3) is 0 Å². The van der Waals surface area contributed by atoms with Crippen LogP contribution < -0.4 is 9.46 Å². The van der Waals surface area contributed by atoms with Crippen molar-refractivity contribution in [3.05, 3.63) is 53.5 Å². The van der Waals surface area contributed by atoms with E-state index in [2.05, 4.69) is 9.71 Å². The van der Waals surface area contributed by atoms with Gasteiger partial charge >= 0.3 is 12.1 Å². The molecule has 1 aromatic heterocycles. The molecule has 12 heteroatoms. The Labute approximate surface area is 175 Å². The van der Waals surface area contributed by atoms with E-state index in [4.69, 9.17) is 9.84 Å². The highest BCUT2D eigenvalue weighted by Crippen LogP contribution is 2.30. The Kier molecular flexibility index (Phi) is 6.51. The van der Waals surface area contributed by atoms with Crippen molar-refractivity contribution in [1.29, 1.82) is 0 Å². The van der Waals surface area contributed by atoms with Crippen molar-refractivity contribution >= 4 is 16.0 Å². The summed E-state index contributed by atoms with van der Waals surface area (Å²) in [5.41, 5.74) is -1.63. The standard InChI is InChI=1S/C19H18F4N2O5S/c20-16-7-6-14(9-15(16)18(26)27)31(28,29)25-12-2-4-13(5-3-12)30-17-8-1-11(10-24-17)19(21,22)23/h1,6-10,12-13,25H,2-5H2,(H,26,27). The number of carboxylic acid groups (broad SMARTS) is 1. The summed E-state index contributed by atoms with van der Waals surface area (Å²) in [6.45, 7) is 0. The Morgan fingerprint density at radius 2 is 1.81 bits per heavy atom. The van der Waals surface area contributed by atoms with E-state index in [1.54, 1.807) is 0 Å². The van der Waals surface area contributed by atoms with Gasteiger partial charge in [-0.1, -0.05) is 0 Å². The van der Waals surface area contributed by atoms with Crippen LogP contribution >= 0.6 is 0 Å². The fraction of sp³-hybridized carbons (Fsp3) is 0.368. The van der Waals surface area contributed by atoms with Crippen molar-refractivity contribution < 1.29 is 40.6 Å². The average molecular weight is 462 g/mol. The first kappa shape index (κ1) is 22.9. The number of benzene rings is 1. The monoisotopic (exact) mass is 462 g/mol. The van der Waals surface area contributed by atoms with Crippen LogP contribution in [0.5, 0.6) is 5.88 Å². The smallest absolute Gasteiger partial charge is 0.417 e. The lowest BCUT2D eigenvalue weighted by molar-refractivity contribution is -0.137. The van der Waals surface area contributed by atoms with Gasteiger partial charge < -0.3 is 9.84 Å². The minimum Gasteiger partial charge on any atom is -0.478 e. The maximum Gasteiger partial charge on any atom is 0.417 e. The zero-order valence-electron chi connectivity index (χ0n) is 15.9. The van der Waals surface area contributed by atoms with Crippen molar-refractivity contribution in [3.63, 3.8) is 0 Å². The van der Waals surface area contributed by atoms with E-state index >= 15 is 0 Å². The van der Waals surface area contributed by atoms with E-state index in [1.165, 1.54) is 0 Å². The van der Waals surface area contributed by atoms with E-state index in [0.29, 0.717) is 31.9 Å². The highest BCUT2D eigenvalue weighted by Gasteiger charge is 2.31. The minimum absolute atomic E-state index is 0.0459. The van der Waals surface area contributed by atoms with Gasteiger partial charge in [0.05, 0.1) is 16.0 Å². The molecule has 0 aliphatic heterocycles. The number of hydrogen-bond acceptors (Lipinski definition) is 5. The van der Waals surface area contributed by atoms with Crippen molar-refractivity contribution in [2.75, 3.05) is 0 Å². The summed E-state index contributed by atoms with van der Waals surface area (Å²) in [6, 6.07) is 4.06. The molecular formula is C19H18F4N2O5S. The zero-order valence-corrected chi connectivity index (χ0v) is 16.7. The molecule has 0 amide bonds. The second-order valence-corrected chi connectivity index (χ2v) is 8.76.